The summed E-state index contributed by atoms with van der Waals surface area (Å²) in [4.78, 5) is 11.3. The molecular formula is C22H27ClF2N4O2. The molecule has 2 aromatic rings. The van der Waals surface area contributed by atoms with Crippen LogP contribution in [0.25, 0.3) is 0 Å². The number of ether oxygens (including phenoxy) is 1. The van der Waals surface area contributed by atoms with E-state index in [9.17, 15) is 8.78 Å². The Balaban J connectivity index is 1.57. The second-order valence-corrected chi connectivity index (χ2v) is 8.50. The minimum absolute atomic E-state index is 0.179. The van der Waals surface area contributed by atoms with Gasteiger partial charge in [-0.2, -0.15) is 8.78 Å². The van der Waals surface area contributed by atoms with Gasteiger partial charge in [0.2, 0.25) is 5.28 Å². The number of morpholine rings is 1. The highest BCUT2D eigenvalue weighted by Gasteiger charge is 2.32. The van der Waals surface area contributed by atoms with Gasteiger partial charge >= 0.3 is 0 Å². The molecule has 0 saturated carbocycles. The fourth-order valence-corrected chi connectivity index (χ4v) is 4.54. The Kier molecular flexibility index (Phi) is 6.71. The number of aliphatic hydroxyl groups excluding tert-OH is 1. The molecule has 2 atom stereocenters. The third-order valence-corrected chi connectivity index (χ3v) is 6.31. The van der Waals surface area contributed by atoms with E-state index in [1.54, 1.807) is 12.1 Å². The first-order valence-corrected chi connectivity index (χ1v) is 11.0. The van der Waals surface area contributed by atoms with Crippen molar-refractivity contribution in [1.82, 2.24) is 14.9 Å². The van der Waals surface area contributed by atoms with Gasteiger partial charge in [-0.1, -0.05) is 18.2 Å². The normalized spacial score (nSPS) is 20.9. The van der Waals surface area contributed by atoms with Gasteiger partial charge in [-0.3, -0.25) is 4.90 Å². The van der Waals surface area contributed by atoms with Crippen LogP contribution in [0.5, 0.6) is 0 Å². The number of anilines is 1. The maximum Gasteiger partial charge on any atom is 0.295 e. The first-order chi connectivity index (χ1) is 14.9. The number of rotatable bonds is 6. The number of benzene rings is 1. The van der Waals surface area contributed by atoms with Crippen molar-refractivity contribution in [1.29, 1.82) is 0 Å². The molecule has 0 radical (unpaired) electrons. The summed E-state index contributed by atoms with van der Waals surface area (Å²) in [5.74, 6) is -2.63. The maximum absolute atomic E-state index is 13.9. The smallest absolute Gasteiger partial charge is 0.295 e. The molecule has 2 aliphatic rings. The van der Waals surface area contributed by atoms with E-state index in [0.29, 0.717) is 17.4 Å². The number of aromatic nitrogens is 2. The molecule has 0 unspecified atom stereocenters. The van der Waals surface area contributed by atoms with Gasteiger partial charge in [-0.05, 0) is 49.4 Å². The van der Waals surface area contributed by atoms with Gasteiger partial charge < -0.3 is 15.2 Å². The summed E-state index contributed by atoms with van der Waals surface area (Å²) in [7, 11) is 0. The monoisotopic (exact) mass is 452 g/mol. The summed E-state index contributed by atoms with van der Waals surface area (Å²) < 4.78 is 33.3. The van der Waals surface area contributed by atoms with Gasteiger partial charge in [-0.25, -0.2) is 9.97 Å². The summed E-state index contributed by atoms with van der Waals surface area (Å²) in [6.07, 6.45) is 2.64. The van der Waals surface area contributed by atoms with E-state index in [1.807, 2.05) is 6.92 Å². The molecule has 1 fully saturated rings. The molecule has 1 aromatic carbocycles. The van der Waals surface area contributed by atoms with Crippen LogP contribution >= 0.6 is 11.6 Å². The molecule has 0 amide bonds. The number of alkyl halides is 2. The van der Waals surface area contributed by atoms with Crippen LogP contribution < -0.4 is 5.32 Å². The lowest BCUT2D eigenvalue weighted by Gasteiger charge is -2.37. The lowest BCUT2D eigenvalue weighted by molar-refractivity contribution is -0.0556. The Morgan fingerprint density at radius 1 is 1.32 bits per heavy atom. The summed E-state index contributed by atoms with van der Waals surface area (Å²) in [5.41, 5.74) is 2.45. The van der Waals surface area contributed by atoms with Gasteiger partial charge in [0.05, 0.1) is 18.9 Å². The number of nitrogens with one attached hydrogen (secondary N) is 1. The van der Waals surface area contributed by atoms with Crippen LogP contribution in [0.15, 0.2) is 24.3 Å². The second kappa shape index (κ2) is 9.32. The Labute approximate surface area is 185 Å². The third-order valence-electron chi connectivity index (χ3n) is 6.14. The number of nitrogens with zero attached hydrogens (tertiary/aromatic N) is 3. The third kappa shape index (κ3) is 4.98. The molecule has 6 nitrogen and oxygen atoms in total. The van der Waals surface area contributed by atoms with Crippen molar-refractivity contribution in [3.05, 3.63) is 51.9 Å². The number of aliphatic hydroxyl groups is 1. The molecule has 4 rings (SSSR count). The van der Waals surface area contributed by atoms with Crippen LogP contribution in [0, 0.1) is 0 Å². The van der Waals surface area contributed by atoms with Crippen LogP contribution in [0.4, 0.5) is 14.6 Å². The first-order valence-electron chi connectivity index (χ1n) is 10.6. The second-order valence-electron chi connectivity index (χ2n) is 8.17. The van der Waals surface area contributed by atoms with Gasteiger partial charge in [0.1, 0.15) is 12.4 Å². The van der Waals surface area contributed by atoms with E-state index in [4.69, 9.17) is 21.4 Å². The highest BCUT2D eigenvalue weighted by atomic mass is 35.5. The number of halogens is 3. The van der Waals surface area contributed by atoms with Crippen LogP contribution in [-0.2, 0) is 23.5 Å². The molecule has 1 saturated heterocycles. The number of aryl methyl sites for hydroxylation is 1. The van der Waals surface area contributed by atoms with E-state index >= 15 is 0 Å². The zero-order valence-corrected chi connectivity index (χ0v) is 18.2. The molecule has 1 aromatic heterocycles. The van der Waals surface area contributed by atoms with Gasteiger partial charge in [0.25, 0.3) is 5.92 Å². The van der Waals surface area contributed by atoms with Crippen molar-refractivity contribution in [2.45, 2.75) is 44.2 Å². The average molecular weight is 453 g/mol. The maximum atomic E-state index is 13.9. The Bertz CT molecular complexity index is 924. The summed E-state index contributed by atoms with van der Waals surface area (Å²) in [6.45, 7) is 3.99. The van der Waals surface area contributed by atoms with Crippen molar-refractivity contribution in [2.75, 3.05) is 38.2 Å². The largest absolute Gasteiger partial charge is 0.390 e. The molecule has 31 heavy (non-hydrogen) atoms. The minimum atomic E-state index is -3.28. The zero-order valence-electron chi connectivity index (χ0n) is 17.5. The molecule has 168 valence electrons. The standard InChI is InChI=1S/C22H27ClF2N4O2/c1-14(15-3-2-4-16(11-15)22(24,25)13-30)26-20-18-12-17(29-7-9-31-10-8-29)5-6-19(18)27-21(23)28-20/h2-4,11,14,17,30H,5-10,12-13H2,1H3,(H,26,27,28)/t14-,17-/m1/s1. The summed E-state index contributed by atoms with van der Waals surface area (Å²) in [5, 5.41) is 12.5. The lowest BCUT2D eigenvalue weighted by Crippen LogP contribution is -2.46. The summed E-state index contributed by atoms with van der Waals surface area (Å²) in [6, 6.07) is 6.20. The predicted octanol–water partition coefficient (Wildman–Crippen LogP) is 3.58. The predicted molar refractivity (Wildman–Crippen MR) is 115 cm³/mol. The fraction of sp³-hybridized carbons (Fsp3) is 0.545. The molecule has 1 aliphatic heterocycles. The van der Waals surface area contributed by atoms with Crippen LogP contribution in [0.3, 0.4) is 0 Å². The van der Waals surface area contributed by atoms with Crippen molar-refractivity contribution >= 4 is 17.4 Å². The van der Waals surface area contributed by atoms with Crippen molar-refractivity contribution in [3.63, 3.8) is 0 Å². The molecular weight excluding hydrogens is 426 g/mol. The van der Waals surface area contributed by atoms with E-state index in [1.165, 1.54) is 12.1 Å². The fourth-order valence-electron chi connectivity index (χ4n) is 4.35. The van der Waals surface area contributed by atoms with Crippen molar-refractivity contribution < 1.29 is 18.6 Å². The quantitative estimate of drug-likeness (QED) is 0.653. The molecule has 1 aliphatic carbocycles. The number of hydrogen-bond acceptors (Lipinski definition) is 6. The molecule has 2 heterocycles. The topological polar surface area (TPSA) is 70.5 Å². The van der Waals surface area contributed by atoms with Crippen molar-refractivity contribution in [3.8, 4) is 0 Å². The van der Waals surface area contributed by atoms with Crippen LogP contribution in [0.1, 0.15) is 41.8 Å². The lowest BCUT2D eigenvalue weighted by atomic mass is 9.90. The Morgan fingerprint density at radius 3 is 2.84 bits per heavy atom. The molecule has 9 heteroatoms. The zero-order chi connectivity index (χ0) is 22.0. The Hall–Kier alpha value is -1.87. The molecule has 0 bridgehead atoms. The van der Waals surface area contributed by atoms with E-state index < -0.39 is 12.5 Å². The van der Waals surface area contributed by atoms with Crippen molar-refractivity contribution in [2.24, 2.45) is 0 Å². The molecule has 0 spiro atoms. The van der Waals surface area contributed by atoms with E-state index in [2.05, 4.69) is 20.2 Å². The summed E-state index contributed by atoms with van der Waals surface area (Å²) >= 11 is 6.18. The number of hydrogen-bond donors (Lipinski definition) is 2. The van der Waals surface area contributed by atoms with Gasteiger partial charge in [-0.15, -0.1) is 0 Å². The van der Waals surface area contributed by atoms with E-state index in [0.717, 1.165) is 56.8 Å². The van der Waals surface area contributed by atoms with Crippen LogP contribution in [0.2, 0.25) is 5.28 Å². The highest BCUT2D eigenvalue weighted by molar-refractivity contribution is 6.28. The highest BCUT2D eigenvalue weighted by Crippen LogP contribution is 2.33. The first kappa shape index (κ1) is 22.3. The molecule has 2 N–H and O–H groups in total. The minimum Gasteiger partial charge on any atom is -0.390 e. The Morgan fingerprint density at radius 2 is 2.10 bits per heavy atom. The average Bonchev–Trinajstić information content (AvgIpc) is 2.79. The van der Waals surface area contributed by atoms with Gasteiger partial charge in [0, 0.05) is 36.3 Å². The number of fused-ring (bicyclic) bond motifs is 1. The van der Waals surface area contributed by atoms with E-state index in [-0.39, 0.29) is 16.9 Å². The SMILES string of the molecule is C[C@@H](Nc1nc(Cl)nc2c1C[C@H](N1CCOCC1)CC2)c1cccc(C(F)(F)CO)c1. The van der Waals surface area contributed by atoms with Gasteiger partial charge in [0.15, 0.2) is 0 Å². The van der Waals surface area contributed by atoms with Crippen LogP contribution in [-0.4, -0.2) is 58.9 Å².